The van der Waals surface area contributed by atoms with Crippen molar-refractivity contribution in [2.75, 3.05) is 12.0 Å². The first-order valence-electron chi connectivity index (χ1n) is 7.24. The first kappa shape index (κ1) is 18.8. The van der Waals surface area contributed by atoms with Gasteiger partial charge < -0.3 is 5.32 Å². The fourth-order valence-electron chi connectivity index (χ4n) is 2.08. The largest absolute Gasteiger partial charge is 0.349 e. The molecule has 0 aliphatic rings. The van der Waals surface area contributed by atoms with E-state index in [1.165, 1.54) is 18.0 Å². The second kappa shape index (κ2) is 8.05. The molecule has 0 aliphatic heterocycles. The number of hydrogen-bond donors (Lipinski definition) is 1. The molecule has 2 aromatic carbocycles. The third kappa shape index (κ3) is 5.26. The Bertz CT molecular complexity index is 820. The van der Waals surface area contributed by atoms with Gasteiger partial charge in [-0.1, -0.05) is 35.9 Å². The second-order valence-electron chi connectivity index (χ2n) is 5.35. The van der Waals surface area contributed by atoms with Crippen molar-refractivity contribution in [3.63, 3.8) is 0 Å². The summed E-state index contributed by atoms with van der Waals surface area (Å²) in [5.41, 5.74) is 0.846. The molecule has 0 heterocycles. The molecule has 1 N–H and O–H groups in total. The fraction of sp³-hybridized carbons (Fsp3) is 0.235. The van der Waals surface area contributed by atoms with Crippen LogP contribution in [0.1, 0.15) is 18.5 Å². The van der Waals surface area contributed by atoms with E-state index in [0.29, 0.717) is 5.02 Å². The summed E-state index contributed by atoms with van der Waals surface area (Å²) in [7, 11) is -3.21. The summed E-state index contributed by atoms with van der Waals surface area (Å²) in [4.78, 5) is 13.2. The summed E-state index contributed by atoms with van der Waals surface area (Å²) in [6, 6.07) is 13.7. The lowest BCUT2D eigenvalue weighted by Crippen LogP contribution is -2.28. The number of rotatable bonds is 6. The number of thioether (sulfide) groups is 1. The molecule has 1 atom stereocenters. The van der Waals surface area contributed by atoms with Gasteiger partial charge in [-0.05, 0) is 36.8 Å². The highest BCUT2D eigenvalue weighted by atomic mass is 35.5. The number of amides is 1. The van der Waals surface area contributed by atoms with Crippen LogP contribution in [0.5, 0.6) is 0 Å². The van der Waals surface area contributed by atoms with Crippen molar-refractivity contribution >= 4 is 39.1 Å². The maximum Gasteiger partial charge on any atom is 0.230 e. The van der Waals surface area contributed by atoms with Crippen LogP contribution >= 0.6 is 23.4 Å². The van der Waals surface area contributed by atoms with Gasteiger partial charge in [-0.15, -0.1) is 11.8 Å². The molecule has 0 fully saturated rings. The second-order valence-corrected chi connectivity index (χ2v) is 8.79. The monoisotopic (exact) mass is 383 g/mol. The molecule has 1 amide bonds. The van der Waals surface area contributed by atoms with Crippen molar-refractivity contribution in [3.05, 3.63) is 59.1 Å². The number of carbonyl (C=O) groups excluding carboxylic acids is 1. The van der Waals surface area contributed by atoms with Gasteiger partial charge >= 0.3 is 0 Å². The minimum atomic E-state index is -3.21. The SMILES string of the molecule is CC(NC(=O)CSc1ccccc1Cl)c1ccc(S(C)(=O)=O)cc1. The predicted octanol–water partition coefficient (Wildman–Crippen LogP) is 3.71. The molecule has 0 bridgehead atoms. The number of carbonyl (C=O) groups is 1. The molecule has 0 saturated heterocycles. The number of halogens is 1. The Balaban J connectivity index is 1.93. The molecular weight excluding hydrogens is 366 g/mol. The van der Waals surface area contributed by atoms with Crippen LogP contribution in [0.3, 0.4) is 0 Å². The summed E-state index contributed by atoms with van der Waals surface area (Å²) < 4.78 is 22.9. The zero-order valence-corrected chi connectivity index (χ0v) is 15.7. The highest BCUT2D eigenvalue weighted by molar-refractivity contribution is 8.00. The van der Waals surface area contributed by atoms with E-state index in [9.17, 15) is 13.2 Å². The standard InChI is InChI=1S/C17H18ClNO3S2/c1-12(13-7-9-14(10-8-13)24(2,21)22)19-17(20)11-23-16-6-4-3-5-15(16)18/h3-10,12H,11H2,1-2H3,(H,19,20). The number of benzene rings is 2. The van der Waals surface area contributed by atoms with E-state index in [0.717, 1.165) is 10.5 Å². The fourth-order valence-corrected chi connectivity index (χ4v) is 3.76. The van der Waals surface area contributed by atoms with Crippen LogP contribution in [0.4, 0.5) is 0 Å². The topological polar surface area (TPSA) is 63.2 Å². The third-order valence-electron chi connectivity index (χ3n) is 3.38. The van der Waals surface area contributed by atoms with Gasteiger partial charge in [0.1, 0.15) is 0 Å². The van der Waals surface area contributed by atoms with Crippen LogP contribution in [0.15, 0.2) is 58.3 Å². The molecule has 24 heavy (non-hydrogen) atoms. The minimum Gasteiger partial charge on any atom is -0.349 e. The Labute approximate surface area is 151 Å². The molecule has 4 nitrogen and oxygen atoms in total. The molecule has 128 valence electrons. The maximum atomic E-state index is 12.1. The van der Waals surface area contributed by atoms with Gasteiger partial charge in [0, 0.05) is 11.2 Å². The van der Waals surface area contributed by atoms with Crippen molar-refractivity contribution < 1.29 is 13.2 Å². The molecule has 7 heteroatoms. The Kier molecular flexibility index (Phi) is 6.32. The minimum absolute atomic E-state index is 0.111. The normalized spacial score (nSPS) is 12.6. The first-order chi connectivity index (χ1) is 11.3. The number of nitrogens with one attached hydrogen (secondary N) is 1. The zero-order chi connectivity index (χ0) is 17.7. The average Bonchev–Trinajstić information content (AvgIpc) is 2.53. The van der Waals surface area contributed by atoms with Gasteiger partial charge in [-0.25, -0.2) is 8.42 Å². The van der Waals surface area contributed by atoms with E-state index in [2.05, 4.69) is 5.32 Å². The molecule has 1 unspecified atom stereocenters. The summed E-state index contributed by atoms with van der Waals surface area (Å²) >= 11 is 7.43. The zero-order valence-electron chi connectivity index (χ0n) is 13.3. The quantitative estimate of drug-likeness (QED) is 0.772. The van der Waals surface area contributed by atoms with Crippen LogP contribution in [0.2, 0.25) is 5.02 Å². The average molecular weight is 384 g/mol. The Hall–Kier alpha value is -1.50. The maximum absolute atomic E-state index is 12.1. The molecule has 2 aromatic rings. The Morgan fingerprint density at radius 3 is 2.38 bits per heavy atom. The molecule has 0 saturated carbocycles. The highest BCUT2D eigenvalue weighted by Gasteiger charge is 2.12. The van der Waals surface area contributed by atoms with Gasteiger partial charge in [0.15, 0.2) is 9.84 Å². The van der Waals surface area contributed by atoms with Crippen molar-refractivity contribution in [2.45, 2.75) is 22.8 Å². The molecule has 0 radical (unpaired) electrons. The van der Waals surface area contributed by atoms with Crippen LogP contribution in [0, 0.1) is 0 Å². The van der Waals surface area contributed by atoms with E-state index >= 15 is 0 Å². The van der Waals surface area contributed by atoms with Crippen molar-refractivity contribution in [3.8, 4) is 0 Å². The van der Waals surface area contributed by atoms with E-state index in [4.69, 9.17) is 11.6 Å². The summed E-state index contributed by atoms with van der Waals surface area (Å²) in [6.45, 7) is 1.85. The smallest absolute Gasteiger partial charge is 0.230 e. The van der Waals surface area contributed by atoms with Gasteiger partial charge in [-0.2, -0.15) is 0 Å². The first-order valence-corrected chi connectivity index (χ1v) is 10.5. The van der Waals surface area contributed by atoms with E-state index in [-0.39, 0.29) is 22.6 Å². The molecular formula is C17H18ClNO3S2. The molecule has 0 aliphatic carbocycles. The summed E-state index contributed by atoms with van der Waals surface area (Å²) in [6.07, 6.45) is 1.17. The van der Waals surface area contributed by atoms with E-state index in [1.807, 2.05) is 25.1 Å². The molecule has 0 spiro atoms. The lowest BCUT2D eigenvalue weighted by Gasteiger charge is -2.15. The van der Waals surface area contributed by atoms with Gasteiger partial charge in [0.2, 0.25) is 5.91 Å². The van der Waals surface area contributed by atoms with Crippen LogP contribution in [-0.2, 0) is 14.6 Å². The van der Waals surface area contributed by atoms with Gasteiger partial charge in [0.25, 0.3) is 0 Å². The lowest BCUT2D eigenvalue weighted by atomic mass is 10.1. The van der Waals surface area contributed by atoms with Crippen molar-refractivity contribution in [1.29, 1.82) is 0 Å². The van der Waals surface area contributed by atoms with E-state index < -0.39 is 9.84 Å². The molecule has 2 rings (SSSR count). The molecule has 0 aromatic heterocycles. The van der Waals surface area contributed by atoms with Crippen LogP contribution in [0.25, 0.3) is 0 Å². The summed E-state index contributed by atoms with van der Waals surface area (Å²) in [5, 5.41) is 3.52. The number of hydrogen-bond acceptors (Lipinski definition) is 4. The van der Waals surface area contributed by atoms with Gasteiger partial charge in [-0.3, -0.25) is 4.79 Å². The van der Waals surface area contributed by atoms with Crippen molar-refractivity contribution in [2.24, 2.45) is 0 Å². The third-order valence-corrected chi connectivity index (χ3v) is 6.02. The van der Waals surface area contributed by atoms with Crippen LogP contribution in [-0.4, -0.2) is 26.3 Å². The van der Waals surface area contributed by atoms with Gasteiger partial charge in [0.05, 0.1) is 21.7 Å². The highest BCUT2D eigenvalue weighted by Crippen LogP contribution is 2.26. The van der Waals surface area contributed by atoms with Crippen molar-refractivity contribution in [1.82, 2.24) is 5.32 Å². The van der Waals surface area contributed by atoms with E-state index in [1.54, 1.807) is 30.3 Å². The Morgan fingerprint density at radius 1 is 1.17 bits per heavy atom. The summed E-state index contributed by atoms with van der Waals surface area (Å²) in [5.74, 6) is 0.148. The lowest BCUT2D eigenvalue weighted by molar-refractivity contribution is -0.119. The van der Waals surface area contributed by atoms with Crippen LogP contribution < -0.4 is 5.32 Å². The number of sulfone groups is 1. The Morgan fingerprint density at radius 2 is 1.79 bits per heavy atom. The predicted molar refractivity (Wildman–Crippen MR) is 98.3 cm³/mol.